The van der Waals surface area contributed by atoms with Gasteiger partial charge in [0.1, 0.15) is 0 Å². The van der Waals surface area contributed by atoms with Gasteiger partial charge in [-0.3, -0.25) is 4.79 Å². The predicted molar refractivity (Wildman–Crippen MR) is 93.0 cm³/mol. The summed E-state index contributed by atoms with van der Waals surface area (Å²) < 4.78 is 31.7. The third kappa shape index (κ3) is 2.87. The molecule has 0 unspecified atom stereocenters. The van der Waals surface area contributed by atoms with Crippen molar-refractivity contribution < 1.29 is 18.1 Å². The minimum absolute atomic E-state index is 0.137. The molecule has 4 rings (SSSR count). The van der Waals surface area contributed by atoms with Crippen LogP contribution in [0.3, 0.4) is 0 Å². The van der Waals surface area contributed by atoms with Crippen LogP contribution in [0.4, 0.5) is 14.5 Å². The van der Waals surface area contributed by atoms with Crippen molar-refractivity contribution >= 4 is 11.6 Å². The van der Waals surface area contributed by atoms with Gasteiger partial charge in [0, 0.05) is 23.9 Å². The largest absolute Gasteiger partial charge is 0.355 e. The monoisotopic (exact) mass is 354 g/mol. The first-order valence-corrected chi connectivity index (χ1v) is 8.36. The molecular formula is C20H16F2N2O2. The topological polar surface area (TPSA) is 46.3 Å². The lowest BCUT2D eigenvalue weighted by atomic mass is 9.99. The van der Waals surface area contributed by atoms with Gasteiger partial charge in [-0.1, -0.05) is 22.9 Å². The van der Waals surface area contributed by atoms with Gasteiger partial charge in [-0.25, -0.2) is 8.78 Å². The van der Waals surface area contributed by atoms with E-state index in [1.807, 2.05) is 19.1 Å². The van der Waals surface area contributed by atoms with Crippen LogP contribution in [-0.2, 0) is 6.42 Å². The Morgan fingerprint density at radius 3 is 2.77 bits per heavy atom. The molecule has 0 radical (unpaired) electrons. The van der Waals surface area contributed by atoms with E-state index in [9.17, 15) is 13.6 Å². The number of nitrogens with zero attached hydrogens (tertiary/aromatic N) is 2. The van der Waals surface area contributed by atoms with Crippen LogP contribution in [0.25, 0.3) is 11.3 Å². The van der Waals surface area contributed by atoms with E-state index in [1.54, 1.807) is 4.90 Å². The highest BCUT2D eigenvalue weighted by Gasteiger charge is 2.26. The lowest BCUT2D eigenvalue weighted by molar-refractivity contribution is 0.0976. The Morgan fingerprint density at radius 2 is 1.96 bits per heavy atom. The SMILES string of the molecule is Cc1ccc2c(c1)CCCN2C(=O)c1cc(-c2ccc(F)c(F)c2)on1. The fourth-order valence-corrected chi connectivity index (χ4v) is 3.24. The maximum Gasteiger partial charge on any atom is 0.280 e. The van der Waals surface area contributed by atoms with Crippen LogP contribution in [0.5, 0.6) is 0 Å². The molecular weight excluding hydrogens is 338 g/mol. The number of anilines is 1. The van der Waals surface area contributed by atoms with Gasteiger partial charge in [0.15, 0.2) is 23.1 Å². The van der Waals surface area contributed by atoms with E-state index in [1.165, 1.54) is 12.1 Å². The van der Waals surface area contributed by atoms with Crippen molar-refractivity contribution in [1.29, 1.82) is 0 Å². The molecule has 0 atom stereocenters. The van der Waals surface area contributed by atoms with Crippen molar-refractivity contribution in [2.24, 2.45) is 0 Å². The predicted octanol–water partition coefficient (Wildman–Crippen LogP) is 4.52. The van der Waals surface area contributed by atoms with Crippen LogP contribution in [0.2, 0.25) is 0 Å². The van der Waals surface area contributed by atoms with Gasteiger partial charge in [0.2, 0.25) is 0 Å². The highest BCUT2D eigenvalue weighted by atomic mass is 19.2. The number of rotatable bonds is 2. The van der Waals surface area contributed by atoms with Gasteiger partial charge >= 0.3 is 0 Å². The molecule has 0 saturated heterocycles. The number of aromatic nitrogens is 1. The lowest BCUT2D eigenvalue weighted by Crippen LogP contribution is -2.35. The Labute approximate surface area is 149 Å². The van der Waals surface area contributed by atoms with Crippen LogP contribution in [0.15, 0.2) is 47.0 Å². The first kappa shape index (κ1) is 16.4. The summed E-state index contributed by atoms with van der Waals surface area (Å²) in [6.45, 7) is 2.62. The maximum atomic E-state index is 13.4. The minimum Gasteiger partial charge on any atom is -0.355 e. The number of fused-ring (bicyclic) bond motifs is 1. The molecule has 0 N–H and O–H groups in total. The standard InChI is InChI=1S/C20H16F2N2O2/c1-12-4-7-18-13(9-12)3-2-8-24(18)20(25)17-11-19(26-23-17)14-5-6-15(21)16(22)10-14/h4-7,9-11H,2-3,8H2,1H3. The lowest BCUT2D eigenvalue weighted by Gasteiger charge is -2.29. The fraction of sp³-hybridized carbons (Fsp3) is 0.200. The van der Waals surface area contributed by atoms with Crippen molar-refractivity contribution in [3.05, 3.63) is 70.9 Å². The molecule has 0 saturated carbocycles. The number of halogens is 2. The molecule has 1 aromatic heterocycles. The van der Waals surface area contributed by atoms with Crippen molar-refractivity contribution in [2.45, 2.75) is 19.8 Å². The molecule has 4 nitrogen and oxygen atoms in total. The Morgan fingerprint density at radius 1 is 1.12 bits per heavy atom. The third-order valence-corrected chi connectivity index (χ3v) is 4.53. The molecule has 1 aliphatic rings. The Kier molecular flexibility index (Phi) is 4.03. The first-order chi connectivity index (χ1) is 12.5. The average molecular weight is 354 g/mol. The van der Waals surface area contributed by atoms with Gasteiger partial charge in [-0.2, -0.15) is 0 Å². The third-order valence-electron chi connectivity index (χ3n) is 4.53. The smallest absolute Gasteiger partial charge is 0.280 e. The summed E-state index contributed by atoms with van der Waals surface area (Å²) >= 11 is 0. The molecule has 0 bridgehead atoms. The molecule has 26 heavy (non-hydrogen) atoms. The Hall–Kier alpha value is -3.02. The zero-order valence-electron chi connectivity index (χ0n) is 14.1. The first-order valence-electron chi connectivity index (χ1n) is 8.36. The van der Waals surface area contributed by atoms with Gasteiger partial charge < -0.3 is 9.42 Å². The van der Waals surface area contributed by atoms with Crippen LogP contribution >= 0.6 is 0 Å². The van der Waals surface area contributed by atoms with Crippen LogP contribution < -0.4 is 4.90 Å². The Balaban J connectivity index is 1.64. The molecule has 2 aromatic carbocycles. The fourth-order valence-electron chi connectivity index (χ4n) is 3.24. The summed E-state index contributed by atoms with van der Waals surface area (Å²) in [6.07, 6.45) is 1.80. The highest BCUT2D eigenvalue weighted by Crippen LogP contribution is 2.30. The van der Waals surface area contributed by atoms with E-state index < -0.39 is 11.6 Å². The molecule has 2 heterocycles. The average Bonchev–Trinajstić information content (AvgIpc) is 3.12. The number of carbonyl (C=O) groups excluding carboxylic acids is 1. The molecule has 6 heteroatoms. The number of hydrogen-bond acceptors (Lipinski definition) is 3. The number of aryl methyl sites for hydroxylation is 2. The van der Waals surface area contributed by atoms with Crippen LogP contribution in [0.1, 0.15) is 28.0 Å². The van der Waals surface area contributed by atoms with Crippen molar-refractivity contribution in [1.82, 2.24) is 5.16 Å². The van der Waals surface area contributed by atoms with Gasteiger partial charge in [-0.05, 0) is 49.6 Å². The zero-order chi connectivity index (χ0) is 18.3. The van der Waals surface area contributed by atoms with E-state index in [0.717, 1.165) is 41.8 Å². The van der Waals surface area contributed by atoms with Crippen LogP contribution in [-0.4, -0.2) is 17.6 Å². The van der Waals surface area contributed by atoms with E-state index in [4.69, 9.17) is 4.52 Å². The molecule has 132 valence electrons. The second-order valence-corrected chi connectivity index (χ2v) is 6.40. The quantitative estimate of drug-likeness (QED) is 0.680. The van der Waals surface area contributed by atoms with Crippen molar-refractivity contribution in [2.75, 3.05) is 11.4 Å². The Bertz CT molecular complexity index is 997. The minimum atomic E-state index is -0.980. The summed E-state index contributed by atoms with van der Waals surface area (Å²) in [6, 6.07) is 10.9. The second kappa shape index (κ2) is 6.37. The van der Waals surface area contributed by atoms with E-state index in [-0.39, 0.29) is 17.4 Å². The number of hydrogen-bond donors (Lipinski definition) is 0. The number of carbonyl (C=O) groups is 1. The normalized spacial score (nSPS) is 13.6. The van der Waals surface area contributed by atoms with Gasteiger partial charge in [0.05, 0.1) is 0 Å². The van der Waals surface area contributed by atoms with E-state index >= 15 is 0 Å². The van der Waals surface area contributed by atoms with E-state index in [2.05, 4.69) is 11.2 Å². The number of amides is 1. The van der Waals surface area contributed by atoms with Crippen molar-refractivity contribution in [3.8, 4) is 11.3 Å². The highest BCUT2D eigenvalue weighted by molar-refractivity contribution is 6.05. The molecule has 0 aliphatic carbocycles. The second-order valence-electron chi connectivity index (χ2n) is 6.40. The number of benzene rings is 2. The van der Waals surface area contributed by atoms with Crippen molar-refractivity contribution in [3.63, 3.8) is 0 Å². The maximum absolute atomic E-state index is 13.4. The van der Waals surface area contributed by atoms with E-state index in [0.29, 0.717) is 12.1 Å². The summed E-state index contributed by atoms with van der Waals surface area (Å²) in [5.74, 6) is -1.97. The van der Waals surface area contributed by atoms with Crippen LogP contribution in [0, 0.1) is 18.6 Å². The summed E-state index contributed by atoms with van der Waals surface area (Å²) in [5.41, 5.74) is 3.63. The molecule has 1 aliphatic heterocycles. The van der Waals surface area contributed by atoms with Gasteiger partial charge in [-0.15, -0.1) is 0 Å². The molecule has 1 amide bonds. The molecule has 0 fully saturated rings. The summed E-state index contributed by atoms with van der Waals surface area (Å²) in [5, 5.41) is 3.83. The molecule has 0 spiro atoms. The summed E-state index contributed by atoms with van der Waals surface area (Å²) in [4.78, 5) is 14.6. The summed E-state index contributed by atoms with van der Waals surface area (Å²) in [7, 11) is 0. The zero-order valence-corrected chi connectivity index (χ0v) is 14.1. The molecule has 3 aromatic rings. The van der Waals surface area contributed by atoms with Gasteiger partial charge in [0.25, 0.3) is 5.91 Å².